The normalized spacial score (nSPS) is 18.4. The van der Waals surface area contributed by atoms with E-state index in [-0.39, 0.29) is 5.41 Å². The molecule has 2 aromatic rings. The molecule has 2 N–H and O–H groups in total. The number of nitrogens with two attached hydrogens (primary N) is 1. The van der Waals surface area contributed by atoms with E-state index >= 15 is 0 Å². The van der Waals surface area contributed by atoms with Crippen LogP contribution in [0.1, 0.15) is 38.0 Å². The molecule has 1 saturated carbocycles. The van der Waals surface area contributed by atoms with Crippen LogP contribution in [0.25, 0.3) is 11.4 Å². The second-order valence-corrected chi connectivity index (χ2v) is 5.33. The lowest BCUT2D eigenvalue weighted by Crippen LogP contribution is -2.37. The first kappa shape index (κ1) is 12.4. The van der Waals surface area contributed by atoms with Crippen LogP contribution in [-0.2, 0) is 5.41 Å². The van der Waals surface area contributed by atoms with E-state index in [0.29, 0.717) is 18.3 Å². The summed E-state index contributed by atoms with van der Waals surface area (Å²) in [6.45, 7) is 0.587. The molecular formula is C15H19N3O. The van der Waals surface area contributed by atoms with E-state index in [0.717, 1.165) is 18.4 Å². The van der Waals surface area contributed by atoms with Crippen molar-refractivity contribution < 1.29 is 4.52 Å². The molecule has 0 aliphatic heterocycles. The first-order valence-corrected chi connectivity index (χ1v) is 6.94. The Morgan fingerprint density at radius 3 is 2.53 bits per heavy atom. The molecule has 1 aliphatic carbocycles. The Morgan fingerprint density at radius 1 is 1.11 bits per heavy atom. The molecule has 0 unspecified atom stereocenters. The molecule has 4 nitrogen and oxygen atoms in total. The minimum absolute atomic E-state index is 0.0989. The van der Waals surface area contributed by atoms with Crippen molar-refractivity contribution in [3.05, 3.63) is 36.2 Å². The van der Waals surface area contributed by atoms with Crippen LogP contribution >= 0.6 is 0 Å². The van der Waals surface area contributed by atoms with Gasteiger partial charge in [0.25, 0.3) is 0 Å². The summed E-state index contributed by atoms with van der Waals surface area (Å²) in [5.41, 5.74) is 6.88. The van der Waals surface area contributed by atoms with Gasteiger partial charge in [0.15, 0.2) is 0 Å². The van der Waals surface area contributed by atoms with Gasteiger partial charge in [-0.1, -0.05) is 54.8 Å². The zero-order valence-electron chi connectivity index (χ0n) is 11.0. The van der Waals surface area contributed by atoms with Crippen LogP contribution in [0.4, 0.5) is 0 Å². The number of hydrogen-bond acceptors (Lipinski definition) is 4. The highest BCUT2D eigenvalue weighted by Gasteiger charge is 2.38. The van der Waals surface area contributed by atoms with Gasteiger partial charge in [-0.05, 0) is 12.8 Å². The van der Waals surface area contributed by atoms with Crippen LogP contribution in [0.15, 0.2) is 34.9 Å². The standard InChI is InChI=1S/C15H19N3O/c16-11-15(9-5-2-6-10-15)14-17-13(18-19-14)12-7-3-1-4-8-12/h1,3-4,7-8H,2,5-6,9-11,16H2. The van der Waals surface area contributed by atoms with Crippen molar-refractivity contribution in [1.82, 2.24) is 10.1 Å². The number of hydrogen-bond donors (Lipinski definition) is 1. The Labute approximate surface area is 113 Å². The molecule has 0 amide bonds. The monoisotopic (exact) mass is 257 g/mol. The number of aromatic nitrogens is 2. The van der Waals surface area contributed by atoms with Gasteiger partial charge in [-0.25, -0.2) is 0 Å². The van der Waals surface area contributed by atoms with Crippen molar-refractivity contribution in [1.29, 1.82) is 0 Å². The van der Waals surface area contributed by atoms with Crippen molar-refractivity contribution >= 4 is 0 Å². The Kier molecular flexibility index (Phi) is 3.34. The molecule has 0 bridgehead atoms. The van der Waals surface area contributed by atoms with Crippen LogP contribution < -0.4 is 5.73 Å². The van der Waals surface area contributed by atoms with Crippen LogP contribution in [0, 0.1) is 0 Å². The molecule has 4 heteroatoms. The molecule has 0 radical (unpaired) electrons. The molecular weight excluding hydrogens is 238 g/mol. The maximum absolute atomic E-state index is 5.99. The summed E-state index contributed by atoms with van der Waals surface area (Å²) in [7, 11) is 0. The second kappa shape index (κ2) is 5.13. The third-order valence-electron chi connectivity index (χ3n) is 4.11. The highest BCUT2D eigenvalue weighted by Crippen LogP contribution is 2.38. The van der Waals surface area contributed by atoms with Gasteiger partial charge in [-0.15, -0.1) is 0 Å². The molecule has 0 atom stereocenters. The summed E-state index contributed by atoms with van der Waals surface area (Å²) in [6.07, 6.45) is 5.78. The van der Waals surface area contributed by atoms with Crippen molar-refractivity contribution in [3.63, 3.8) is 0 Å². The van der Waals surface area contributed by atoms with Gasteiger partial charge in [0.05, 0.1) is 5.41 Å². The topological polar surface area (TPSA) is 64.9 Å². The Morgan fingerprint density at radius 2 is 1.84 bits per heavy atom. The molecule has 1 aromatic carbocycles. The van der Waals surface area contributed by atoms with E-state index in [4.69, 9.17) is 10.3 Å². The van der Waals surface area contributed by atoms with Crippen molar-refractivity contribution in [2.24, 2.45) is 5.73 Å². The zero-order valence-corrected chi connectivity index (χ0v) is 11.0. The van der Waals surface area contributed by atoms with Gasteiger partial charge in [-0.2, -0.15) is 4.98 Å². The maximum Gasteiger partial charge on any atom is 0.234 e. The first-order chi connectivity index (χ1) is 9.34. The van der Waals surface area contributed by atoms with Gasteiger partial charge >= 0.3 is 0 Å². The highest BCUT2D eigenvalue weighted by atomic mass is 16.5. The summed E-state index contributed by atoms with van der Waals surface area (Å²) < 4.78 is 5.51. The lowest BCUT2D eigenvalue weighted by molar-refractivity contribution is 0.220. The molecule has 0 saturated heterocycles. The zero-order chi connectivity index (χ0) is 13.1. The predicted molar refractivity (Wildman–Crippen MR) is 73.6 cm³/mol. The SMILES string of the molecule is NCC1(c2nc(-c3ccccc3)no2)CCCCC1. The summed E-state index contributed by atoms with van der Waals surface area (Å²) in [6, 6.07) is 9.91. The molecule has 1 heterocycles. The summed E-state index contributed by atoms with van der Waals surface area (Å²) >= 11 is 0. The summed E-state index contributed by atoms with van der Waals surface area (Å²) in [5.74, 6) is 1.38. The Bertz CT molecular complexity index is 529. The predicted octanol–water partition coefficient (Wildman–Crippen LogP) is 2.90. The van der Waals surface area contributed by atoms with Gasteiger partial charge in [0, 0.05) is 12.1 Å². The van der Waals surface area contributed by atoms with E-state index in [9.17, 15) is 0 Å². The van der Waals surface area contributed by atoms with Crippen molar-refractivity contribution in [2.45, 2.75) is 37.5 Å². The fraction of sp³-hybridized carbons (Fsp3) is 0.467. The number of benzene rings is 1. The third kappa shape index (κ3) is 2.28. The smallest absolute Gasteiger partial charge is 0.234 e. The van der Waals surface area contributed by atoms with E-state index in [1.54, 1.807) is 0 Å². The minimum atomic E-state index is -0.0989. The van der Waals surface area contributed by atoms with Crippen LogP contribution in [-0.4, -0.2) is 16.7 Å². The molecule has 19 heavy (non-hydrogen) atoms. The molecule has 3 rings (SSSR count). The number of rotatable bonds is 3. The van der Waals surface area contributed by atoms with Crippen LogP contribution in [0.5, 0.6) is 0 Å². The van der Waals surface area contributed by atoms with Gasteiger partial charge in [-0.3, -0.25) is 0 Å². The molecule has 100 valence electrons. The van der Waals surface area contributed by atoms with Gasteiger partial charge < -0.3 is 10.3 Å². The number of nitrogens with zero attached hydrogens (tertiary/aromatic N) is 2. The summed E-state index contributed by atoms with van der Waals surface area (Å²) in [4.78, 5) is 4.59. The second-order valence-electron chi connectivity index (χ2n) is 5.33. The fourth-order valence-corrected chi connectivity index (χ4v) is 2.88. The van der Waals surface area contributed by atoms with Gasteiger partial charge in [0.1, 0.15) is 0 Å². The lowest BCUT2D eigenvalue weighted by Gasteiger charge is -2.32. The average molecular weight is 257 g/mol. The van der Waals surface area contributed by atoms with E-state index in [2.05, 4.69) is 10.1 Å². The van der Waals surface area contributed by atoms with E-state index in [1.807, 2.05) is 30.3 Å². The molecule has 1 fully saturated rings. The Hall–Kier alpha value is -1.68. The molecule has 1 aromatic heterocycles. The van der Waals surface area contributed by atoms with E-state index < -0.39 is 0 Å². The largest absolute Gasteiger partial charge is 0.338 e. The van der Waals surface area contributed by atoms with Crippen LogP contribution in [0.3, 0.4) is 0 Å². The maximum atomic E-state index is 5.99. The minimum Gasteiger partial charge on any atom is -0.338 e. The highest BCUT2D eigenvalue weighted by molar-refractivity contribution is 5.53. The van der Waals surface area contributed by atoms with Crippen molar-refractivity contribution in [2.75, 3.05) is 6.54 Å². The molecule has 0 spiro atoms. The third-order valence-corrected chi connectivity index (χ3v) is 4.11. The lowest BCUT2D eigenvalue weighted by atomic mass is 9.74. The van der Waals surface area contributed by atoms with Gasteiger partial charge in [0.2, 0.25) is 11.7 Å². The Balaban J connectivity index is 1.92. The molecule has 1 aliphatic rings. The summed E-state index contributed by atoms with van der Waals surface area (Å²) in [5, 5.41) is 4.11. The quantitative estimate of drug-likeness (QED) is 0.918. The fourth-order valence-electron chi connectivity index (χ4n) is 2.88. The van der Waals surface area contributed by atoms with Crippen LogP contribution in [0.2, 0.25) is 0 Å². The average Bonchev–Trinajstić information content (AvgIpc) is 2.99. The first-order valence-electron chi connectivity index (χ1n) is 6.94. The van der Waals surface area contributed by atoms with E-state index in [1.165, 1.54) is 19.3 Å². The van der Waals surface area contributed by atoms with Crippen molar-refractivity contribution in [3.8, 4) is 11.4 Å².